The van der Waals surface area contributed by atoms with E-state index in [0.717, 1.165) is 19.3 Å². The number of ether oxygens (including phenoxy) is 1. The number of amides is 1. The number of nitrogens with zero attached hydrogens (tertiary/aromatic N) is 1. The monoisotopic (exact) mass is 227 g/mol. The molecular formula is C12H21NO3. The third kappa shape index (κ3) is 2.54. The summed E-state index contributed by atoms with van der Waals surface area (Å²) in [4.78, 5) is 24.6. The number of likely N-dealkylation sites (tertiary alicyclic amines) is 1. The molecule has 0 aromatic carbocycles. The molecule has 0 atom stereocenters. The third-order valence-corrected chi connectivity index (χ3v) is 3.68. The molecule has 1 aliphatic heterocycles. The Hall–Kier alpha value is -1.06. The highest BCUT2D eigenvalue weighted by molar-refractivity contribution is 6.32. The predicted octanol–water partition coefficient (Wildman–Crippen LogP) is 1.59. The van der Waals surface area contributed by atoms with Crippen molar-refractivity contribution in [2.24, 2.45) is 5.41 Å². The van der Waals surface area contributed by atoms with E-state index in [4.69, 9.17) is 4.74 Å². The molecule has 0 N–H and O–H groups in total. The van der Waals surface area contributed by atoms with Gasteiger partial charge in [0.25, 0.3) is 0 Å². The number of carbonyl (C=O) groups excluding carboxylic acids is 2. The van der Waals surface area contributed by atoms with Crippen molar-refractivity contribution in [2.45, 2.75) is 40.0 Å². The minimum Gasteiger partial charge on any atom is -0.459 e. The van der Waals surface area contributed by atoms with Gasteiger partial charge in [-0.1, -0.05) is 13.8 Å². The largest absolute Gasteiger partial charge is 0.459 e. The molecule has 1 amide bonds. The molecule has 0 aromatic rings. The van der Waals surface area contributed by atoms with Crippen LogP contribution in [-0.2, 0) is 14.3 Å². The summed E-state index contributed by atoms with van der Waals surface area (Å²) in [5, 5.41) is 0. The first-order chi connectivity index (χ1) is 7.58. The fourth-order valence-corrected chi connectivity index (χ4v) is 2.26. The summed E-state index contributed by atoms with van der Waals surface area (Å²) in [5.74, 6) is -1.20. The van der Waals surface area contributed by atoms with Crippen LogP contribution >= 0.6 is 0 Å². The van der Waals surface area contributed by atoms with Crippen molar-refractivity contribution < 1.29 is 14.3 Å². The summed E-state index contributed by atoms with van der Waals surface area (Å²) < 4.78 is 4.72. The molecule has 1 heterocycles. The number of hydrogen-bond acceptors (Lipinski definition) is 3. The van der Waals surface area contributed by atoms with Crippen LogP contribution in [-0.4, -0.2) is 36.5 Å². The minimum atomic E-state index is -0.717. The minimum absolute atomic E-state index is 0.210. The molecule has 0 spiro atoms. The van der Waals surface area contributed by atoms with Crippen LogP contribution in [0.3, 0.4) is 0 Å². The fraction of sp³-hybridized carbons (Fsp3) is 0.833. The van der Waals surface area contributed by atoms with Gasteiger partial charge in [0.05, 0.1) is 6.61 Å². The Morgan fingerprint density at radius 3 is 2.31 bits per heavy atom. The second kappa shape index (κ2) is 5.32. The van der Waals surface area contributed by atoms with Crippen LogP contribution in [0.2, 0.25) is 0 Å². The SMILES string of the molecule is CCOC(=O)C(=O)N1CCC(CC)(CC)C1. The maximum Gasteiger partial charge on any atom is 0.397 e. The molecule has 0 radical (unpaired) electrons. The van der Waals surface area contributed by atoms with Crippen molar-refractivity contribution in [3.05, 3.63) is 0 Å². The predicted molar refractivity (Wildman–Crippen MR) is 60.8 cm³/mol. The van der Waals surface area contributed by atoms with E-state index in [2.05, 4.69) is 13.8 Å². The van der Waals surface area contributed by atoms with Gasteiger partial charge in [-0.15, -0.1) is 0 Å². The molecule has 4 nitrogen and oxygen atoms in total. The van der Waals surface area contributed by atoms with Gasteiger partial charge >= 0.3 is 11.9 Å². The van der Waals surface area contributed by atoms with E-state index in [0.29, 0.717) is 13.1 Å². The maximum atomic E-state index is 11.7. The van der Waals surface area contributed by atoms with E-state index < -0.39 is 11.9 Å². The van der Waals surface area contributed by atoms with Crippen LogP contribution in [0, 0.1) is 5.41 Å². The Bertz CT molecular complexity index is 271. The van der Waals surface area contributed by atoms with Crippen LogP contribution in [0.1, 0.15) is 40.0 Å². The van der Waals surface area contributed by atoms with Gasteiger partial charge in [-0.3, -0.25) is 4.79 Å². The van der Waals surface area contributed by atoms with Gasteiger partial charge < -0.3 is 9.64 Å². The number of esters is 1. The first-order valence-corrected chi connectivity index (χ1v) is 6.04. The first kappa shape index (κ1) is 13.0. The van der Waals surface area contributed by atoms with Crippen molar-refractivity contribution in [1.29, 1.82) is 0 Å². The maximum absolute atomic E-state index is 11.7. The molecule has 1 rings (SSSR count). The van der Waals surface area contributed by atoms with Crippen molar-refractivity contribution in [1.82, 2.24) is 4.90 Å². The molecule has 0 aromatic heterocycles. The molecule has 1 fully saturated rings. The van der Waals surface area contributed by atoms with E-state index in [9.17, 15) is 9.59 Å². The average Bonchev–Trinajstić information content (AvgIpc) is 2.73. The lowest BCUT2D eigenvalue weighted by molar-refractivity contribution is -0.159. The Labute approximate surface area is 96.9 Å². The molecular weight excluding hydrogens is 206 g/mol. The Morgan fingerprint density at radius 2 is 1.88 bits per heavy atom. The van der Waals surface area contributed by atoms with Crippen LogP contribution in [0.15, 0.2) is 0 Å². The Kier molecular flexibility index (Phi) is 4.33. The smallest absolute Gasteiger partial charge is 0.397 e. The first-order valence-electron chi connectivity index (χ1n) is 6.04. The van der Waals surface area contributed by atoms with Crippen LogP contribution in [0.25, 0.3) is 0 Å². The van der Waals surface area contributed by atoms with Gasteiger partial charge in [-0.05, 0) is 31.6 Å². The fourth-order valence-electron chi connectivity index (χ4n) is 2.26. The number of hydrogen-bond donors (Lipinski definition) is 0. The van der Waals surface area contributed by atoms with E-state index in [1.165, 1.54) is 0 Å². The number of carbonyl (C=O) groups is 2. The zero-order valence-corrected chi connectivity index (χ0v) is 10.4. The molecule has 0 aliphatic carbocycles. The zero-order chi connectivity index (χ0) is 12.2. The standard InChI is InChI=1S/C12H21NO3/c1-4-12(5-2)7-8-13(9-12)10(14)11(15)16-6-3/h4-9H2,1-3H3. The van der Waals surface area contributed by atoms with Gasteiger partial charge in [-0.2, -0.15) is 0 Å². The highest BCUT2D eigenvalue weighted by atomic mass is 16.5. The van der Waals surface area contributed by atoms with Gasteiger partial charge in [0.2, 0.25) is 0 Å². The lowest BCUT2D eigenvalue weighted by Gasteiger charge is -2.25. The lowest BCUT2D eigenvalue weighted by Crippen LogP contribution is -2.37. The number of rotatable bonds is 3. The van der Waals surface area contributed by atoms with Gasteiger partial charge in [0.15, 0.2) is 0 Å². The van der Waals surface area contributed by atoms with E-state index in [1.807, 2.05) is 0 Å². The summed E-state index contributed by atoms with van der Waals surface area (Å²) in [7, 11) is 0. The molecule has 92 valence electrons. The second-order valence-corrected chi connectivity index (χ2v) is 4.40. The molecule has 1 aliphatic rings. The van der Waals surface area contributed by atoms with Crippen LogP contribution in [0.4, 0.5) is 0 Å². The average molecular weight is 227 g/mol. The summed E-state index contributed by atoms with van der Waals surface area (Å²) >= 11 is 0. The van der Waals surface area contributed by atoms with Crippen LogP contribution in [0.5, 0.6) is 0 Å². The molecule has 1 saturated heterocycles. The van der Waals surface area contributed by atoms with Gasteiger partial charge in [-0.25, -0.2) is 4.79 Å². The topological polar surface area (TPSA) is 46.6 Å². The molecule has 0 unspecified atom stereocenters. The normalized spacial score (nSPS) is 18.6. The summed E-state index contributed by atoms with van der Waals surface area (Å²) in [6.07, 6.45) is 3.09. The Morgan fingerprint density at radius 1 is 1.25 bits per heavy atom. The van der Waals surface area contributed by atoms with Crippen LogP contribution < -0.4 is 0 Å². The summed E-state index contributed by atoms with van der Waals surface area (Å²) in [5.41, 5.74) is 0.210. The molecule has 4 heteroatoms. The molecule has 0 bridgehead atoms. The van der Waals surface area contributed by atoms with E-state index in [1.54, 1.807) is 11.8 Å². The summed E-state index contributed by atoms with van der Waals surface area (Å²) in [6, 6.07) is 0. The van der Waals surface area contributed by atoms with Gasteiger partial charge in [0.1, 0.15) is 0 Å². The van der Waals surface area contributed by atoms with E-state index in [-0.39, 0.29) is 12.0 Å². The lowest BCUT2D eigenvalue weighted by atomic mass is 9.82. The Balaban J connectivity index is 2.59. The van der Waals surface area contributed by atoms with Crippen molar-refractivity contribution in [2.75, 3.05) is 19.7 Å². The quantitative estimate of drug-likeness (QED) is 0.543. The van der Waals surface area contributed by atoms with Gasteiger partial charge in [0, 0.05) is 13.1 Å². The van der Waals surface area contributed by atoms with Crippen molar-refractivity contribution in [3.63, 3.8) is 0 Å². The molecule has 0 saturated carbocycles. The second-order valence-electron chi connectivity index (χ2n) is 4.40. The summed E-state index contributed by atoms with van der Waals surface area (Å²) in [6.45, 7) is 7.61. The van der Waals surface area contributed by atoms with E-state index >= 15 is 0 Å². The molecule has 16 heavy (non-hydrogen) atoms. The highest BCUT2D eigenvalue weighted by Gasteiger charge is 2.39. The zero-order valence-electron chi connectivity index (χ0n) is 10.4. The van der Waals surface area contributed by atoms with Crippen molar-refractivity contribution in [3.8, 4) is 0 Å². The van der Waals surface area contributed by atoms with Crippen molar-refractivity contribution >= 4 is 11.9 Å². The highest BCUT2D eigenvalue weighted by Crippen LogP contribution is 2.36. The third-order valence-electron chi connectivity index (χ3n) is 3.68.